The number of anilines is 1. The van der Waals surface area contributed by atoms with Crippen molar-refractivity contribution in [1.29, 1.82) is 0 Å². The number of allylic oxidation sites excluding steroid dienone is 1. The van der Waals surface area contributed by atoms with Gasteiger partial charge in [-0.1, -0.05) is 6.08 Å². The molecule has 0 saturated carbocycles. The number of hydrogen-bond donors (Lipinski definition) is 5. The van der Waals surface area contributed by atoms with E-state index < -0.39 is 15.8 Å². The smallest absolute Gasteiger partial charge is 0.238 e. The van der Waals surface area contributed by atoms with Crippen molar-refractivity contribution in [3.05, 3.63) is 88.6 Å². The van der Waals surface area contributed by atoms with Gasteiger partial charge in [0.25, 0.3) is 0 Å². The first-order chi connectivity index (χ1) is 22.0. The molecule has 5 N–H and O–H groups in total. The molecule has 236 valence electrons. The summed E-state index contributed by atoms with van der Waals surface area (Å²) < 4.78 is 40.1. The summed E-state index contributed by atoms with van der Waals surface area (Å²) in [5, 5.41) is 16.5. The molecule has 46 heavy (non-hydrogen) atoms. The zero-order valence-corrected chi connectivity index (χ0v) is 26.2. The Morgan fingerprint density at radius 3 is 2.72 bits per heavy atom. The number of H-pyrrole nitrogens is 2. The van der Waals surface area contributed by atoms with E-state index in [9.17, 15) is 17.6 Å². The zero-order chi connectivity index (χ0) is 32.4. The van der Waals surface area contributed by atoms with Gasteiger partial charge < -0.3 is 20.5 Å². The number of amides is 1. The van der Waals surface area contributed by atoms with Gasteiger partial charge in [-0.25, -0.2) is 17.5 Å². The van der Waals surface area contributed by atoms with Gasteiger partial charge in [-0.2, -0.15) is 5.10 Å². The first kappa shape index (κ1) is 30.8. The highest BCUT2D eigenvalue weighted by molar-refractivity contribution is 7.88. The Labute approximate surface area is 264 Å². The molecule has 6 rings (SSSR count). The number of aromatic amines is 2. The largest absolute Gasteiger partial charge is 0.381 e. The summed E-state index contributed by atoms with van der Waals surface area (Å²) in [4.78, 5) is 26.3. The van der Waals surface area contributed by atoms with Crippen LogP contribution >= 0.6 is 0 Å². The number of rotatable bonds is 9. The fraction of sp³-hybridized carbons (Fsp3) is 0.188. The van der Waals surface area contributed by atoms with Gasteiger partial charge in [0.2, 0.25) is 15.9 Å². The number of aromatic nitrogens is 5. The maximum atomic E-state index is 14.6. The number of benzene rings is 1. The molecule has 12 nitrogen and oxygen atoms in total. The fourth-order valence-electron chi connectivity index (χ4n) is 5.25. The topological polar surface area (TPSA) is 161 Å². The van der Waals surface area contributed by atoms with E-state index in [1.807, 2.05) is 50.5 Å². The Balaban J connectivity index is 1.31. The molecule has 1 aliphatic rings. The van der Waals surface area contributed by atoms with Crippen LogP contribution in [0.5, 0.6) is 0 Å². The molecule has 0 radical (unpaired) electrons. The molecule has 4 aromatic heterocycles. The molecule has 0 unspecified atom stereocenters. The number of hydrogen-bond acceptors (Lipinski definition) is 8. The van der Waals surface area contributed by atoms with E-state index in [4.69, 9.17) is 0 Å². The lowest BCUT2D eigenvalue weighted by atomic mass is 10.0. The van der Waals surface area contributed by atoms with Gasteiger partial charge in [0.1, 0.15) is 11.5 Å². The quantitative estimate of drug-likeness (QED) is 0.163. The van der Waals surface area contributed by atoms with Crippen LogP contribution < -0.4 is 25.9 Å². The molecular formula is C32H32FN9O3S. The second kappa shape index (κ2) is 12.7. The van der Waals surface area contributed by atoms with Crippen LogP contribution in [0.2, 0.25) is 0 Å². The molecule has 0 spiro atoms. The molecular weight excluding hydrogens is 609 g/mol. The molecule has 0 bridgehead atoms. The zero-order valence-electron chi connectivity index (χ0n) is 25.3. The summed E-state index contributed by atoms with van der Waals surface area (Å²) in [6.45, 7) is 0.726. The summed E-state index contributed by atoms with van der Waals surface area (Å²) >= 11 is 0. The molecule has 1 amide bonds. The fourth-order valence-corrected chi connectivity index (χ4v) is 5.68. The van der Waals surface area contributed by atoms with Crippen LogP contribution in [0.1, 0.15) is 11.1 Å². The normalized spacial score (nSPS) is 15.8. The van der Waals surface area contributed by atoms with Gasteiger partial charge in [-0.05, 0) is 68.2 Å². The summed E-state index contributed by atoms with van der Waals surface area (Å²) in [6, 6.07) is 10.0. The molecule has 0 atom stereocenters. The Bertz CT molecular complexity index is 2220. The molecule has 5 heterocycles. The first-order valence-electron chi connectivity index (χ1n) is 14.4. The SMILES string of the molecule is CN(C)CC(=O)Nc1cncc(/C2=C/C=c3/[nH]nc(-c4cc5c(-c6cc(F)cc(CNS(C)(=O)=O)c6)nccc5[nH]4)/c3=C\CN2)c1. The molecule has 1 aliphatic heterocycles. The highest BCUT2D eigenvalue weighted by atomic mass is 32.2. The summed E-state index contributed by atoms with van der Waals surface area (Å²) in [6.07, 6.45) is 11.9. The van der Waals surface area contributed by atoms with Crippen molar-refractivity contribution in [1.82, 2.24) is 40.1 Å². The van der Waals surface area contributed by atoms with Crippen molar-refractivity contribution in [3.63, 3.8) is 0 Å². The van der Waals surface area contributed by atoms with Crippen molar-refractivity contribution < 1.29 is 17.6 Å². The minimum absolute atomic E-state index is 0.0385. The van der Waals surface area contributed by atoms with Crippen molar-refractivity contribution in [2.45, 2.75) is 6.54 Å². The minimum Gasteiger partial charge on any atom is -0.381 e. The lowest BCUT2D eigenvalue weighted by molar-refractivity contribution is -0.116. The average Bonchev–Trinajstić information content (AvgIpc) is 3.58. The van der Waals surface area contributed by atoms with Crippen LogP contribution in [0.25, 0.3) is 51.4 Å². The Morgan fingerprint density at radius 2 is 1.91 bits per heavy atom. The van der Waals surface area contributed by atoms with Gasteiger partial charge in [0.15, 0.2) is 0 Å². The Morgan fingerprint density at radius 1 is 1.07 bits per heavy atom. The van der Waals surface area contributed by atoms with Crippen molar-refractivity contribution in [3.8, 4) is 22.6 Å². The van der Waals surface area contributed by atoms with E-state index in [2.05, 4.69) is 40.5 Å². The third kappa shape index (κ3) is 7.04. The maximum absolute atomic E-state index is 14.6. The number of nitrogens with zero attached hydrogens (tertiary/aromatic N) is 4. The summed E-state index contributed by atoms with van der Waals surface area (Å²) in [5.74, 6) is -0.617. The number of fused-ring (bicyclic) bond motifs is 2. The van der Waals surface area contributed by atoms with Crippen molar-refractivity contribution in [2.75, 3.05) is 38.8 Å². The molecule has 0 saturated heterocycles. The monoisotopic (exact) mass is 641 g/mol. The summed E-state index contributed by atoms with van der Waals surface area (Å²) in [7, 11) is 0.222. The molecule has 5 aromatic rings. The predicted molar refractivity (Wildman–Crippen MR) is 176 cm³/mol. The highest BCUT2D eigenvalue weighted by Crippen LogP contribution is 2.30. The highest BCUT2D eigenvalue weighted by Gasteiger charge is 2.15. The second-order valence-corrected chi connectivity index (χ2v) is 13.1. The number of nitrogens with one attached hydrogen (secondary N) is 5. The summed E-state index contributed by atoms with van der Waals surface area (Å²) in [5.41, 5.74) is 6.05. The van der Waals surface area contributed by atoms with Crippen LogP contribution in [0.4, 0.5) is 10.1 Å². The molecule has 0 fully saturated rings. The Hall–Kier alpha value is -5.18. The molecule has 0 aliphatic carbocycles. The third-order valence-electron chi connectivity index (χ3n) is 7.21. The second-order valence-electron chi connectivity index (χ2n) is 11.2. The van der Waals surface area contributed by atoms with E-state index in [0.717, 1.165) is 44.7 Å². The van der Waals surface area contributed by atoms with Crippen molar-refractivity contribution >= 4 is 50.4 Å². The predicted octanol–water partition coefficient (Wildman–Crippen LogP) is 1.91. The number of carbonyl (C=O) groups excluding carboxylic acids is 1. The van der Waals surface area contributed by atoms with E-state index in [-0.39, 0.29) is 19.0 Å². The minimum atomic E-state index is -3.44. The lowest BCUT2D eigenvalue weighted by Crippen LogP contribution is -2.28. The van der Waals surface area contributed by atoms with Crippen LogP contribution in [-0.2, 0) is 21.4 Å². The van der Waals surface area contributed by atoms with Gasteiger partial charge in [0.05, 0.1) is 41.4 Å². The van der Waals surface area contributed by atoms with Gasteiger partial charge in [-0.3, -0.25) is 19.9 Å². The average molecular weight is 642 g/mol. The number of likely N-dealkylation sites (N-methyl/N-ethyl adjacent to an activating group) is 1. The van der Waals surface area contributed by atoms with E-state index >= 15 is 0 Å². The first-order valence-corrected chi connectivity index (χ1v) is 16.2. The van der Waals surface area contributed by atoms with Gasteiger partial charge in [0, 0.05) is 58.4 Å². The van der Waals surface area contributed by atoms with E-state index in [0.29, 0.717) is 34.7 Å². The number of halogens is 1. The van der Waals surface area contributed by atoms with Gasteiger partial charge in [-0.15, -0.1) is 0 Å². The number of pyridine rings is 2. The van der Waals surface area contributed by atoms with E-state index in [1.54, 1.807) is 29.6 Å². The van der Waals surface area contributed by atoms with Crippen molar-refractivity contribution in [2.24, 2.45) is 0 Å². The molecule has 14 heteroatoms. The van der Waals surface area contributed by atoms with Crippen LogP contribution in [0, 0.1) is 5.82 Å². The van der Waals surface area contributed by atoms with Crippen LogP contribution in [0.15, 0.2) is 61.1 Å². The van der Waals surface area contributed by atoms with Gasteiger partial charge >= 0.3 is 0 Å². The van der Waals surface area contributed by atoms with E-state index in [1.165, 1.54) is 12.1 Å². The van der Waals surface area contributed by atoms with Crippen LogP contribution in [-0.4, -0.2) is 77.8 Å². The third-order valence-corrected chi connectivity index (χ3v) is 7.88. The van der Waals surface area contributed by atoms with Crippen LogP contribution in [0.3, 0.4) is 0 Å². The Kier molecular flexibility index (Phi) is 8.49. The molecule has 1 aromatic carbocycles. The maximum Gasteiger partial charge on any atom is 0.238 e. The number of carbonyl (C=O) groups is 1. The lowest BCUT2D eigenvalue weighted by Gasteiger charge is -2.13. The number of sulfonamides is 1. The standard InChI is InChI=1S/C32H32FN9O3S/c1-42(2)18-30(43)38-23-13-21(16-34-17-23)26-4-5-28-24(6-8-35-26)32(41-40-28)29-14-25-27(39-29)7-9-36-31(25)20-10-19(11-22(33)12-20)15-37-46(3,44)45/h4-7,9-14,16-17,35,37,39-40H,8,15,18H2,1-3H3,(H,38,43)/b24-6-,26-4-,28-5+.